The van der Waals surface area contributed by atoms with Crippen LogP contribution in [0, 0.1) is 0 Å². The Balaban J connectivity index is 2.78. The van der Waals surface area contributed by atoms with Gasteiger partial charge in [0.2, 0.25) is 17.8 Å². The highest BCUT2D eigenvalue weighted by Gasteiger charge is 2.12. The lowest BCUT2D eigenvalue weighted by Gasteiger charge is -2.22. The molecule has 1 aromatic heterocycles. The van der Waals surface area contributed by atoms with Crippen LogP contribution in [0.4, 0.5) is 17.8 Å². The molecule has 0 amide bonds. The minimum atomic E-state index is 0.274. The van der Waals surface area contributed by atoms with Gasteiger partial charge in [0.05, 0.1) is 0 Å². The highest BCUT2D eigenvalue weighted by atomic mass is 15.3. The van der Waals surface area contributed by atoms with Gasteiger partial charge >= 0.3 is 0 Å². The Hall–Kier alpha value is -1.63. The molecule has 0 saturated carbocycles. The quantitative estimate of drug-likeness (QED) is 0.751. The molecule has 0 aromatic carbocycles. The van der Waals surface area contributed by atoms with Crippen molar-refractivity contribution in [3.05, 3.63) is 0 Å². The van der Waals surface area contributed by atoms with Gasteiger partial charge in [-0.2, -0.15) is 15.0 Å². The van der Waals surface area contributed by atoms with Gasteiger partial charge < -0.3 is 20.4 Å². The van der Waals surface area contributed by atoms with Crippen molar-refractivity contribution < 1.29 is 0 Å². The van der Waals surface area contributed by atoms with Gasteiger partial charge in [0.1, 0.15) is 0 Å². The first-order chi connectivity index (χ1) is 9.47. The van der Waals surface area contributed by atoms with Crippen LogP contribution in [0.2, 0.25) is 0 Å². The number of rotatable bonds is 8. The molecule has 0 unspecified atom stereocenters. The average molecular weight is 281 g/mol. The third-order valence-corrected chi connectivity index (χ3v) is 3.12. The minimum absolute atomic E-state index is 0.274. The monoisotopic (exact) mass is 281 g/mol. The molecule has 0 aliphatic carbocycles. The Kier molecular flexibility index (Phi) is 6.44. The second kappa shape index (κ2) is 7.84. The van der Waals surface area contributed by atoms with Crippen molar-refractivity contribution in [2.24, 2.45) is 0 Å². The lowest BCUT2D eigenvalue weighted by atomic mass is 10.4. The molecule has 114 valence electrons. The molecule has 0 atom stereocenters. The van der Waals surface area contributed by atoms with Crippen LogP contribution in [0.15, 0.2) is 0 Å². The summed E-state index contributed by atoms with van der Waals surface area (Å²) in [5.41, 5.74) is 5.80. The summed E-state index contributed by atoms with van der Waals surface area (Å²) in [7, 11) is 6.12. The van der Waals surface area contributed by atoms with E-state index < -0.39 is 0 Å². The highest BCUT2D eigenvalue weighted by molar-refractivity contribution is 5.42. The van der Waals surface area contributed by atoms with Crippen LogP contribution in [-0.4, -0.2) is 67.2 Å². The summed E-state index contributed by atoms with van der Waals surface area (Å²) in [6.45, 7) is 7.77. The summed E-state index contributed by atoms with van der Waals surface area (Å²) >= 11 is 0. The summed E-state index contributed by atoms with van der Waals surface area (Å²) in [4.78, 5) is 19.2. The fourth-order valence-electron chi connectivity index (χ4n) is 1.91. The molecule has 0 aliphatic heterocycles. The predicted octanol–water partition coefficient (Wildman–Crippen LogP) is 0.688. The molecule has 0 radical (unpaired) electrons. The molecule has 1 aromatic rings. The van der Waals surface area contributed by atoms with Crippen molar-refractivity contribution in [3.8, 4) is 0 Å². The summed E-state index contributed by atoms with van der Waals surface area (Å²) in [6.07, 6.45) is 1.05. The van der Waals surface area contributed by atoms with Gasteiger partial charge in [0.15, 0.2) is 0 Å². The smallest absolute Gasteiger partial charge is 0.231 e. The van der Waals surface area contributed by atoms with Crippen LogP contribution < -0.4 is 15.5 Å². The molecular formula is C13H27N7. The van der Waals surface area contributed by atoms with E-state index in [2.05, 4.69) is 52.7 Å². The summed E-state index contributed by atoms with van der Waals surface area (Å²) in [5, 5.41) is 0. The van der Waals surface area contributed by atoms with E-state index in [0.717, 1.165) is 32.6 Å². The first-order valence-electron chi connectivity index (χ1n) is 7.10. The molecular weight excluding hydrogens is 254 g/mol. The molecule has 0 bridgehead atoms. The van der Waals surface area contributed by atoms with E-state index in [1.54, 1.807) is 0 Å². The molecule has 2 N–H and O–H groups in total. The number of nitrogens with two attached hydrogens (primary N) is 1. The second-order valence-corrected chi connectivity index (χ2v) is 5.04. The zero-order chi connectivity index (χ0) is 15.1. The topological polar surface area (TPSA) is 74.4 Å². The highest BCUT2D eigenvalue weighted by Crippen LogP contribution is 2.14. The van der Waals surface area contributed by atoms with Crippen molar-refractivity contribution >= 4 is 17.8 Å². The van der Waals surface area contributed by atoms with E-state index in [0.29, 0.717) is 11.9 Å². The predicted molar refractivity (Wildman–Crippen MR) is 84.2 cm³/mol. The number of aromatic nitrogens is 3. The zero-order valence-electron chi connectivity index (χ0n) is 13.3. The van der Waals surface area contributed by atoms with Crippen LogP contribution in [0.1, 0.15) is 20.3 Å². The normalized spacial score (nSPS) is 10.9. The summed E-state index contributed by atoms with van der Waals surface area (Å²) in [6, 6.07) is 0. The number of nitrogen functional groups attached to an aromatic ring is 1. The largest absolute Gasteiger partial charge is 0.368 e. The second-order valence-electron chi connectivity index (χ2n) is 5.04. The average Bonchev–Trinajstić information content (AvgIpc) is 2.39. The van der Waals surface area contributed by atoms with E-state index in [1.807, 2.05) is 11.9 Å². The van der Waals surface area contributed by atoms with Gasteiger partial charge in [-0.25, -0.2) is 0 Å². The molecule has 1 rings (SSSR count). The minimum Gasteiger partial charge on any atom is -0.368 e. The maximum atomic E-state index is 5.80. The number of nitrogens with zero attached hydrogens (tertiary/aromatic N) is 6. The van der Waals surface area contributed by atoms with E-state index in [9.17, 15) is 0 Å². The number of hydrogen-bond donors (Lipinski definition) is 1. The van der Waals surface area contributed by atoms with E-state index in [-0.39, 0.29) is 5.95 Å². The molecule has 0 aliphatic rings. The van der Waals surface area contributed by atoms with Gasteiger partial charge in [-0.1, -0.05) is 0 Å². The van der Waals surface area contributed by atoms with E-state index >= 15 is 0 Å². The van der Waals surface area contributed by atoms with Gasteiger partial charge in [-0.05, 0) is 40.9 Å². The number of hydrogen-bond acceptors (Lipinski definition) is 7. The summed E-state index contributed by atoms with van der Waals surface area (Å²) < 4.78 is 0. The summed E-state index contributed by atoms with van der Waals surface area (Å²) in [5.74, 6) is 1.56. The Bertz CT molecular complexity index is 404. The van der Waals surface area contributed by atoms with E-state index in [4.69, 9.17) is 5.73 Å². The van der Waals surface area contributed by atoms with Gasteiger partial charge in [0, 0.05) is 26.7 Å². The van der Waals surface area contributed by atoms with Crippen molar-refractivity contribution in [2.75, 3.05) is 62.9 Å². The molecule has 0 saturated heterocycles. The van der Waals surface area contributed by atoms with Crippen LogP contribution in [0.25, 0.3) is 0 Å². The zero-order valence-corrected chi connectivity index (χ0v) is 13.3. The Labute approximate surface area is 121 Å². The maximum absolute atomic E-state index is 5.80. The Morgan fingerprint density at radius 2 is 1.50 bits per heavy atom. The van der Waals surface area contributed by atoms with Crippen molar-refractivity contribution in [3.63, 3.8) is 0 Å². The third-order valence-electron chi connectivity index (χ3n) is 3.12. The first-order valence-corrected chi connectivity index (χ1v) is 7.10. The lowest BCUT2D eigenvalue weighted by Crippen LogP contribution is -2.28. The fourth-order valence-corrected chi connectivity index (χ4v) is 1.91. The van der Waals surface area contributed by atoms with Gasteiger partial charge in [-0.15, -0.1) is 0 Å². The molecule has 0 spiro atoms. The fraction of sp³-hybridized carbons (Fsp3) is 0.769. The van der Waals surface area contributed by atoms with Crippen molar-refractivity contribution in [1.29, 1.82) is 0 Å². The Morgan fingerprint density at radius 1 is 0.900 bits per heavy atom. The number of anilines is 3. The Morgan fingerprint density at radius 3 is 2.05 bits per heavy atom. The SMILES string of the molecule is CCN(CC)c1nc(N)nc(N(C)CCCN(C)C)n1. The standard InChI is InChI=1S/C13H27N7/c1-6-20(7-2)13-16-11(14)15-12(17-13)19(5)10-8-9-18(3)4/h6-10H2,1-5H3,(H2,14,15,16,17). The van der Waals surface area contributed by atoms with Crippen LogP contribution in [-0.2, 0) is 0 Å². The van der Waals surface area contributed by atoms with Crippen molar-refractivity contribution in [1.82, 2.24) is 19.9 Å². The molecule has 20 heavy (non-hydrogen) atoms. The third kappa shape index (κ3) is 4.80. The first kappa shape index (κ1) is 16.4. The molecule has 1 heterocycles. The molecule has 0 fully saturated rings. The van der Waals surface area contributed by atoms with Crippen LogP contribution in [0.3, 0.4) is 0 Å². The molecule has 7 heteroatoms. The van der Waals surface area contributed by atoms with Crippen LogP contribution in [0.5, 0.6) is 0 Å². The lowest BCUT2D eigenvalue weighted by molar-refractivity contribution is 0.401. The maximum Gasteiger partial charge on any atom is 0.231 e. The van der Waals surface area contributed by atoms with Gasteiger partial charge in [-0.3, -0.25) is 0 Å². The molecule has 7 nitrogen and oxygen atoms in total. The van der Waals surface area contributed by atoms with Crippen molar-refractivity contribution in [2.45, 2.75) is 20.3 Å². The van der Waals surface area contributed by atoms with Crippen LogP contribution >= 0.6 is 0 Å². The van der Waals surface area contributed by atoms with Gasteiger partial charge in [0.25, 0.3) is 0 Å². The van der Waals surface area contributed by atoms with E-state index in [1.165, 1.54) is 0 Å².